The number of thiazole rings is 1. The van der Waals surface area contributed by atoms with Crippen molar-refractivity contribution in [3.63, 3.8) is 0 Å². The van der Waals surface area contributed by atoms with E-state index in [1.807, 2.05) is 36.4 Å². The minimum Gasteiger partial charge on any atom is -0.423 e. The van der Waals surface area contributed by atoms with Crippen LogP contribution in [-0.4, -0.2) is 22.2 Å². The predicted molar refractivity (Wildman–Crippen MR) is 230 cm³/mol. The van der Waals surface area contributed by atoms with E-state index in [0.29, 0.717) is 5.46 Å². The van der Waals surface area contributed by atoms with Gasteiger partial charge in [0.25, 0.3) is 0 Å². The lowest BCUT2D eigenvalue weighted by Gasteiger charge is -2.35. The van der Waals surface area contributed by atoms with Gasteiger partial charge in [-0.15, -0.1) is 11.3 Å². The van der Waals surface area contributed by atoms with Gasteiger partial charge < -0.3 is 10.0 Å². The molecule has 52 heavy (non-hydrogen) atoms. The Hall–Kier alpha value is -3.37. The maximum atomic E-state index is 9.04. The average molecular weight is 894 g/mol. The van der Waals surface area contributed by atoms with E-state index in [2.05, 4.69) is 159 Å². The van der Waals surface area contributed by atoms with Crippen molar-refractivity contribution in [2.24, 2.45) is 0 Å². The molecule has 0 fully saturated rings. The summed E-state index contributed by atoms with van der Waals surface area (Å²) < 4.78 is 4.62. The first-order valence-electron chi connectivity index (χ1n) is 17.1. The zero-order valence-corrected chi connectivity index (χ0v) is 34.9. The van der Waals surface area contributed by atoms with Crippen LogP contribution < -0.4 is 5.46 Å². The van der Waals surface area contributed by atoms with E-state index in [1.165, 1.54) is 49.0 Å². The van der Waals surface area contributed by atoms with Crippen LogP contribution in [0.3, 0.4) is 0 Å². The van der Waals surface area contributed by atoms with Gasteiger partial charge in [0, 0.05) is 29.8 Å². The van der Waals surface area contributed by atoms with E-state index >= 15 is 0 Å². The molecule has 0 unspecified atom stereocenters. The number of rotatable bonds is 2. The molecule has 0 saturated carbocycles. The summed E-state index contributed by atoms with van der Waals surface area (Å²) in [6.07, 6.45) is 1.06. The molecule has 0 aliphatic heterocycles. The first-order valence-corrected chi connectivity index (χ1v) is 20.3. The fourth-order valence-electron chi connectivity index (χ4n) is 7.39. The Morgan fingerprint density at radius 1 is 0.577 bits per heavy atom. The molecule has 3 nitrogen and oxygen atoms in total. The molecule has 0 atom stereocenters. The van der Waals surface area contributed by atoms with Crippen molar-refractivity contribution in [2.75, 3.05) is 0 Å². The van der Waals surface area contributed by atoms with Crippen molar-refractivity contribution >= 4 is 81.9 Å². The van der Waals surface area contributed by atoms with Crippen LogP contribution in [0.1, 0.15) is 61.1 Å². The number of benzene rings is 6. The number of hydrogen-bond acceptors (Lipinski definition) is 4. The Bertz CT molecular complexity index is 2330. The van der Waals surface area contributed by atoms with Crippen molar-refractivity contribution in [3.05, 3.63) is 174 Å². The molecule has 7 aromatic rings. The number of fused-ring (bicyclic) bond motifs is 6. The number of hydrogen-bond donors (Lipinski definition) is 2. The first kappa shape index (κ1) is 37.0. The molecule has 2 aliphatic carbocycles. The van der Waals surface area contributed by atoms with Crippen LogP contribution in [0.4, 0.5) is 0 Å². The van der Waals surface area contributed by atoms with Gasteiger partial charge in [0.2, 0.25) is 0 Å². The molecule has 260 valence electrons. The summed E-state index contributed by atoms with van der Waals surface area (Å²) in [7, 11) is -1.42. The van der Waals surface area contributed by atoms with Crippen LogP contribution in [0.5, 0.6) is 0 Å². The molecule has 0 amide bonds. The SMILES string of the molecule is CC1(C)c2cc(Br)ccc2-c2ccc(Br)cc21.CC1(C)c2ccccc2Cc2ccc(Br)cc21.OB(O)c1ccc(-c2nc3ccccc3s2)cc1. The van der Waals surface area contributed by atoms with Gasteiger partial charge in [-0.2, -0.15) is 0 Å². The van der Waals surface area contributed by atoms with Gasteiger partial charge in [0.1, 0.15) is 5.01 Å². The van der Waals surface area contributed by atoms with Crippen LogP contribution in [0.2, 0.25) is 0 Å². The highest BCUT2D eigenvalue weighted by atomic mass is 79.9. The van der Waals surface area contributed by atoms with E-state index < -0.39 is 7.12 Å². The highest BCUT2D eigenvalue weighted by Gasteiger charge is 2.35. The second-order valence-electron chi connectivity index (χ2n) is 14.2. The lowest BCUT2D eigenvalue weighted by Crippen LogP contribution is -2.29. The van der Waals surface area contributed by atoms with Crippen molar-refractivity contribution in [1.29, 1.82) is 0 Å². The zero-order valence-electron chi connectivity index (χ0n) is 29.3. The highest BCUT2D eigenvalue weighted by Crippen LogP contribution is 2.50. The third kappa shape index (κ3) is 7.26. The molecule has 0 saturated heterocycles. The topological polar surface area (TPSA) is 53.4 Å². The molecule has 1 heterocycles. The van der Waals surface area contributed by atoms with Gasteiger partial charge in [-0.25, -0.2) is 4.98 Å². The van der Waals surface area contributed by atoms with Gasteiger partial charge in [-0.1, -0.05) is 154 Å². The van der Waals surface area contributed by atoms with Gasteiger partial charge in [-0.3, -0.25) is 0 Å². The first-order chi connectivity index (χ1) is 24.8. The Balaban J connectivity index is 0.000000121. The summed E-state index contributed by atoms with van der Waals surface area (Å²) in [4.78, 5) is 4.55. The quantitative estimate of drug-likeness (QED) is 0.170. The number of aromatic nitrogens is 1. The fraction of sp³-hybridized carbons (Fsp3) is 0.159. The van der Waals surface area contributed by atoms with E-state index in [4.69, 9.17) is 10.0 Å². The molecule has 2 N–H and O–H groups in total. The second kappa shape index (κ2) is 14.8. The summed E-state index contributed by atoms with van der Waals surface area (Å²) >= 11 is 12.3. The lowest BCUT2D eigenvalue weighted by atomic mass is 9.69. The Morgan fingerprint density at radius 3 is 1.71 bits per heavy atom. The largest absolute Gasteiger partial charge is 0.488 e. The molecular weight excluding hydrogens is 857 g/mol. The molecule has 0 spiro atoms. The third-order valence-corrected chi connectivity index (χ3v) is 12.7. The molecule has 6 aromatic carbocycles. The van der Waals surface area contributed by atoms with Crippen molar-refractivity contribution in [1.82, 2.24) is 4.98 Å². The van der Waals surface area contributed by atoms with Crippen molar-refractivity contribution in [2.45, 2.75) is 44.9 Å². The number of nitrogens with zero attached hydrogens (tertiary/aromatic N) is 1. The maximum absolute atomic E-state index is 9.04. The smallest absolute Gasteiger partial charge is 0.423 e. The zero-order chi connectivity index (χ0) is 36.8. The molecule has 8 heteroatoms. The minimum atomic E-state index is -1.42. The standard InChI is InChI=1S/C16H15Br.C15H12Br2.C13H10BNO2S/c1-16(2)14-6-4-3-5-11(14)9-12-7-8-13(17)10-15(12)16;1-15(2)13-7-9(16)3-5-11(13)12-6-4-10(17)8-14(12)15;16-14(17)10-7-5-9(6-8-10)13-15-11-3-1-2-4-12(11)18-13/h3-8,10H,9H2,1-2H3;3-8H,1-2H3;1-8,16-17H. The molecule has 9 rings (SSSR count). The summed E-state index contributed by atoms with van der Waals surface area (Å²) in [5.74, 6) is 0. The lowest BCUT2D eigenvalue weighted by molar-refractivity contribution is 0.426. The molecule has 0 radical (unpaired) electrons. The minimum absolute atomic E-state index is 0.0816. The highest BCUT2D eigenvalue weighted by molar-refractivity contribution is 9.11. The monoisotopic (exact) mass is 891 g/mol. The predicted octanol–water partition coefficient (Wildman–Crippen LogP) is 11.8. The van der Waals surface area contributed by atoms with Crippen molar-refractivity contribution < 1.29 is 10.0 Å². The Labute approximate surface area is 335 Å². The summed E-state index contributed by atoms with van der Waals surface area (Å²) in [5, 5.41) is 19.0. The van der Waals surface area contributed by atoms with Crippen LogP contribution in [-0.2, 0) is 17.3 Å². The average Bonchev–Trinajstić information content (AvgIpc) is 3.66. The van der Waals surface area contributed by atoms with E-state index in [9.17, 15) is 0 Å². The van der Waals surface area contributed by atoms with Crippen LogP contribution in [0, 0.1) is 0 Å². The summed E-state index contributed by atoms with van der Waals surface area (Å²) in [5.41, 5.74) is 14.0. The summed E-state index contributed by atoms with van der Waals surface area (Å²) in [6, 6.07) is 43.7. The normalized spacial score (nSPS) is 14.1. The molecule has 1 aromatic heterocycles. The van der Waals surface area contributed by atoms with E-state index in [0.717, 1.165) is 36.2 Å². The number of halogens is 3. The third-order valence-electron chi connectivity index (χ3n) is 10.2. The Morgan fingerprint density at radius 2 is 1.10 bits per heavy atom. The van der Waals surface area contributed by atoms with E-state index in [1.54, 1.807) is 23.5 Å². The van der Waals surface area contributed by atoms with Gasteiger partial charge in [-0.05, 0) is 105 Å². The fourth-order valence-corrected chi connectivity index (χ4v) is 9.45. The van der Waals surface area contributed by atoms with Gasteiger partial charge in [0.15, 0.2) is 0 Å². The molecule has 2 aliphatic rings. The maximum Gasteiger partial charge on any atom is 0.488 e. The van der Waals surface area contributed by atoms with Crippen LogP contribution in [0.25, 0.3) is 31.9 Å². The van der Waals surface area contributed by atoms with Crippen molar-refractivity contribution in [3.8, 4) is 21.7 Å². The van der Waals surface area contributed by atoms with Gasteiger partial charge in [0.05, 0.1) is 10.2 Å². The molecular formula is C44H37BBr3NO2S. The second-order valence-corrected chi connectivity index (χ2v) is 18.0. The molecule has 0 bridgehead atoms. The number of para-hydroxylation sites is 1. The van der Waals surface area contributed by atoms with E-state index in [-0.39, 0.29) is 10.8 Å². The van der Waals surface area contributed by atoms with Gasteiger partial charge >= 0.3 is 7.12 Å². The van der Waals surface area contributed by atoms with Crippen LogP contribution >= 0.6 is 59.1 Å². The van der Waals surface area contributed by atoms with Crippen LogP contribution in [0.15, 0.2) is 141 Å². The Kier molecular flexibility index (Phi) is 10.5. The summed E-state index contributed by atoms with van der Waals surface area (Å²) in [6.45, 7) is 9.21.